The summed E-state index contributed by atoms with van der Waals surface area (Å²) in [6.07, 6.45) is 1.01. The van der Waals surface area contributed by atoms with Gasteiger partial charge in [0, 0.05) is 19.6 Å². The molecule has 0 spiro atoms. The number of thiophene rings is 1. The van der Waals surface area contributed by atoms with Gasteiger partial charge in [0.15, 0.2) is 0 Å². The fourth-order valence-corrected chi connectivity index (χ4v) is 3.31. The molecule has 2 N–H and O–H groups in total. The molecule has 1 aromatic heterocycles. The molecule has 114 valence electrons. The molecule has 0 atom stereocenters. The molecule has 0 amide bonds. The van der Waals surface area contributed by atoms with E-state index in [9.17, 15) is 0 Å². The van der Waals surface area contributed by atoms with Crippen molar-refractivity contribution in [3.63, 3.8) is 0 Å². The molecule has 1 heterocycles. The van der Waals surface area contributed by atoms with Crippen LogP contribution >= 0.6 is 27.3 Å². The Balaban J connectivity index is 1.66. The smallest absolute Gasteiger partial charge is 0.119 e. The van der Waals surface area contributed by atoms with Crippen LogP contribution in [0.3, 0.4) is 0 Å². The minimum atomic E-state index is 0.552. The molecule has 5 heteroatoms. The lowest BCUT2D eigenvalue weighted by molar-refractivity contribution is 0.259. The molecule has 0 aliphatic heterocycles. The summed E-state index contributed by atoms with van der Waals surface area (Å²) in [6, 6.07) is 10.2. The van der Waals surface area contributed by atoms with Gasteiger partial charge in [-0.05, 0) is 64.1 Å². The molecular weight excluding hydrogens is 348 g/mol. The van der Waals surface area contributed by atoms with Crippen molar-refractivity contribution in [3.8, 4) is 5.75 Å². The van der Waals surface area contributed by atoms with E-state index in [4.69, 9.17) is 10.5 Å². The Labute approximate surface area is 138 Å². The highest BCUT2D eigenvalue weighted by Gasteiger charge is 2.03. The highest BCUT2D eigenvalue weighted by Crippen LogP contribution is 2.21. The summed E-state index contributed by atoms with van der Waals surface area (Å²) in [5, 5.41) is 2.19. The van der Waals surface area contributed by atoms with Gasteiger partial charge in [-0.2, -0.15) is 0 Å². The highest BCUT2D eigenvalue weighted by atomic mass is 79.9. The van der Waals surface area contributed by atoms with Gasteiger partial charge in [0.25, 0.3) is 0 Å². The summed E-state index contributed by atoms with van der Waals surface area (Å²) >= 11 is 5.23. The molecule has 0 aliphatic carbocycles. The lowest BCUT2D eigenvalue weighted by Gasteiger charge is -2.16. The molecule has 2 aromatic rings. The molecule has 0 unspecified atom stereocenters. The first-order chi connectivity index (χ1) is 10.2. The normalized spacial score (nSPS) is 11.0. The van der Waals surface area contributed by atoms with Gasteiger partial charge < -0.3 is 15.4 Å². The van der Waals surface area contributed by atoms with Gasteiger partial charge in [0.1, 0.15) is 5.75 Å². The fraction of sp³-hybridized carbons (Fsp3) is 0.375. The van der Waals surface area contributed by atoms with E-state index in [1.807, 2.05) is 24.3 Å². The van der Waals surface area contributed by atoms with Crippen LogP contribution in [0.2, 0.25) is 0 Å². The van der Waals surface area contributed by atoms with Crippen molar-refractivity contribution in [1.29, 1.82) is 0 Å². The third-order valence-electron chi connectivity index (χ3n) is 3.16. The van der Waals surface area contributed by atoms with Crippen LogP contribution in [-0.4, -0.2) is 25.1 Å². The maximum absolute atomic E-state index is 5.77. The minimum Gasteiger partial charge on any atom is -0.494 e. The molecule has 0 radical (unpaired) electrons. The fourth-order valence-electron chi connectivity index (χ4n) is 2.11. The number of halogens is 1. The van der Waals surface area contributed by atoms with Crippen molar-refractivity contribution in [2.45, 2.75) is 19.5 Å². The van der Waals surface area contributed by atoms with Crippen LogP contribution in [-0.2, 0) is 13.1 Å². The van der Waals surface area contributed by atoms with E-state index >= 15 is 0 Å². The van der Waals surface area contributed by atoms with Crippen LogP contribution in [0.15, 0.2) is 39.5 Å². The Morgan fingerprint density at radius 1 is 1.29 bits per heavy atom. The molecule has 0 saturated carbocycles. The second-order valence-electron chi connectivity index (χ2n) is 5.05. The van der Waals surface area contributed by atoms with Crippen molar-refractivity contribution in [1.82, 2.24) is 4.90 Å². The number of hydrogen-bond donors (Lipinski definition) is 1. The third-order valence-corrected chi connectivity index (χ3v) is 4.71. The van der Waals surface area contributed by atoms with Gasteiger partial charge in [-0.3, -0.25) is 0 Å². The molecule has 2 rings (SSSR count). The van der Waals surface area contributed by atoms with Crippen LogP contribution in [0, 0.1) is 0 Å². The Bertz CT molecular complexity index is 559. The zero-order chi connectivity index (χ0) is 15.1. The molecule has 0 fully saturated rings. The van der Waals surface area contributed by atoms with Gasteiger partial charge in [-0.15, -0.1) is 11.3 Å². The lowest BCUT2D eigenvalue weighted by atomic mass is 10.2. The van der Waals surface area contributed by atoms with E-state index in [0.717, 1.165) is 37.4 Å². The monoisotopic (exact) mass is 368 g/mol. The van der Waals surface area contributed by atoms with Crippen molar-refractivity contribution in [2.24, 2.45) is 5.73 Å². The predicted molar refractivity (Wildman–Crippen MR) is 92.8 cm³/mol. The van der Waals surface area contributed by atoms with Crippen LogP contribution in [0.4, 0.5) is 0 Å². The van der Waals surface area contributed by atoms with E-state index < -0.39 is 0 Å². The summed E-state index contributed by atoms with van der Waals surface area (Å²) < 4.78 is 6.95. The first-order valence-electron chi connectivity index (χ1n) is 7.00. The summed E-state index contributed by atoms with van der Waals surface area (Å²) in [7, 11) is 2.14. The lowest BCUT2D eigenvalue weighted by Crippen LogP contribution is -2.20. The Hall–Kier alpha value is -0.880. The standard InChI is InChI=1S/C16H21BrN2OS/c1-19(11-14-9-16(17)21-12-14)6-3-7-20-15-5-2-4-13(8-15)10-18/h2,4-5,8-9,12H,3,6-7,10-11,18H2,1H3. The number of nitrogens with zero attached hydrogens (tertiary/aromatic N) is 1. The maximum atomic E-state index is 5.77. The van der Waals surface area contributed by atoms with Crippen LogP contribution in [0.5, 0.6) is 5.75 Å². The first kappa shape index (κ1) is 16.5. The van der Waals surface area contributed by atoms with Gasteiger partial charge in [-0.1, -0.05) is 12.1 Å². The number of nitrogens with two attached hydrogens (primary N) is 1. The first-order valence-corrected chi connectivity index (χ1v) is 8.68. The number of rotatable bonds is 8. The minimum absolute atomic E-state index is 0.552. The second kappa shape index (κ2) is 8.54. The zero-order valence-corrected chi connectivity index (χ0v) is 14.6. The molecule has 21 heavy (non-hydrogen) atoms. The summed E-state index contributed by atoms with van der Waals surface area (Å²) in [4.78, 5) is 2.31. The summed E-state index contributed by atoms with van der Waals surface area (Å²) in [5.74, 6) is 0.905. The highest BCUT2D eigenvalue weighted by molar-refractivity contribution is 9.11. The molecule has 0 saturated heterocycles. The van der Waals surface area contributed by atoms with Crippen LogP contribution < -0.4 is 10.5 Å². The molecular formula is C16H21BrN2OS. The van der Waals surface area contributed by atoms with Crippen LogP contribution in [0.25, 0.3) is 0 Å². The summed E-state index contributed by atoms with van der Waals surface area (Å²) in [6.45, 7) is 3.27. The van der Waals surface area contributed by atoms with E-state index in [1.54, 1.807) is 11.3 Å². The molecule has 3 nitrogen and oxygen atoms in total. The maximum Gasteiger partial charge on any atom is 0.119 e. The van der Waals surface area contributed by atoms with Crippen LogP contribution in [0.1, 0.15) is 17.5 Å². The van der Waals surface area contributed by atoms with Gasteiger partial charge in [-0.25, -0.2) is 0 Å². The van der Waals surface area contributed by atoms with E-state index in [0.29, 0.717) is 6.54 Å². The number of ether oxygens (including phenoxy) is 1. The Morgan fingerprint density at radius 2 is 2.14 bits per heavy atom. The van der Waals surface area contributed by atoms with E-state index in [-0.39, 0.29) is 0 Å². The van der Waals surface area contributed by atoms with E-state index in [2.05, 4.69) is 39.3 Å². The van der Waals surface area contributed by atoms with Crippen molar-refractivity contribution in [3.05, 3.63) is 50.6 Å². The number of benzene rings is 1. The quantitative estimate of drug-likeness (QED) is 0.718. The average molecular weight is 369 g/mol. The number of hydrogen-bond acceptors (Lipinski definition) is 4. The van der Waals surface area contributed by atoms with Gasteiger partial charge in [0.05, 0.1) is 10.4 Å². The van der Waals surface area contributed by atoms with E-state index in [1.165, 1.54) is 9.35 Å². The predicted octanol–water partition coefficient (Wildman–Crippen LogP) is 3.87. The van der Waals surface area contributed by atoms with Crippen molar-refractivity contribution in [2.75, 3.05) is 20.2 Å². The Kier molecular flexibility index (Phi) is 6.70. The zero-order valence-electron chi connectivity index (χ0n) is 12.2. The topological polar surface area (TPSA) is 38.5 Å². The van der Waals surface area contributed by atoms with Crippen molar-refractivity contribution >= 4 is 27.3 Å². The Morgan fingerprint density at radius 3 is 2.86 bits per heavy atom. The molecule has 1 aromatic carbocycles. The average Bonchev–Trinajstić information content (AvgIpc) is 2.89. The third kappa shape index (κ3) is 5.79. The molecule has 0 bridgehead atoms. The summed E-state index contributed by atoms with van der Waals surface area (Å²) in [5.41, 5.74) is 8.08. The SMILES string of the molecule is CN(CCCOc1cccc(CN)c1)Cc1csc(Br)c1. The van der Waals surface area contributed by atoms with Gasteiger partial charge >= 0.3 is 0 Å². The second-order valence-corrected chi connectivity index (χ2v) is 7.34. The van der Waals surface area contributed by atoms with Crippen molar-refractivity contribution < 1.29 is 4.74 Å². The van der Waals surface area contributed by atoms with Gasteiger partial charge in [0.2, 0.25) is 0 Å². The molecule has 0 aliphatic rings. The largest absolute Gasteiger partial charge is 0.494 e.